The number of aromatic nitrogens is 1. The van der Waals surface area contributed by atoms with Crippen molar-refractivity contribution in [3.05, 3.63) is 101 Å². The lowest BCUT2D eigenvalue weighted by molar-refractivity contribution is -0.113. The summed E-state index contributed by atoms with van der Waals surface area (Å²) in [6, 6.07) is 26.0. The summed E-state index contributed by atoms with van der Waals surface area (Å²) < 4.78 is 5.28. The van der Waals surface area contributed by atoms with Crippen LogP contribution in [0.25, 0.3) is 11.1 Å². The van der Waals surface area contributed by atoms with Crippen LogP contribution in [-0.2, 0) is 4.79 Å². The van der Waals surface area contributed by atoms with Gasteiger partial charge in [0.25, 0.3) is 5.91 Å². The Hall–Kier alpha value is -4.61. The van der Waals surface area contributed by atoms with E-state index in [0.29, 0.717) is 38.8 Å². The van der Waals surface area contributed by atoms with Crippen molar-refractivity contribution in [1.82, 2.24) is 4.98 Å². The number of hydrogen-bond donors (Lipinski definition) is 2. The van der Waals surface area contributed by atoms with E-state index in [1.54, 1.807) is 50.4 Å². The number of amides is 2. The molecular formula is C30H26N4O3S. The summed E-state index contributed by atoms with van der Waals surface area (Å²) in [6.07, 6.45) is 0. The van der Waals surface area contributed by atoms with E-state index in [1.807, 2.05) is 49.4 Å². The lowest BCUT2D eigenvalue weighted by Crippen LogP contribution is -2.18. The number of aryl methyl sites for hydroxylation is 2. The molecule has 4 aromatic rings. The molecule has 0 radical (unpaired) electrons. The quantitative estimate of drug-likeness (QED) is 0.266. The molecule has 8 heteroatoms. The van der Waals surface area contributed by atoms with Crippen molar-refractivity contribution in [2.24, 2.45) is 0 Å². The number of thioether (sulfide) groups is 1. The molecule has 0 unspecified atom stereocenters. The molecule has 0 aliphatic rings. The Kier molecular flexibility index (Phi) is 8.41. The molecular weight excluding hydrogens is 496 g/mol. The van der Waals surface area contributed by atoms with Crippen molar-refractivity contribution in [1.29, 1.82) is 5.26 Å². The number of pyridine rings is 1. The largest absolute Gasteiger partial charge is 0.497 e. The van der Waals surface area contributed by atoms with Crippen molar-refractivity contribution in [3.63, 3.8) is 0 Å². The van der Waals surface area contributed by atoms with Crippen LogP contribution in [0.2, 0.25) is 0 Å². The van der Waals surface area contributed by atoms with Crippen molar-refractivity contribution in [2.45, 2.75) is 18.9 Å². The number of nitrogens with zero attached hydrogens (tertiary/aromatic N) is 2. The van der Waals surface area contributed by atoms with Gasteiger partial charge in [-0.1, -0.05) is 60.3 Å². The van der Waals surface area contributed by atoms with Gasteiger partial charge in [0.15, 0.2) is 0 Å². The number of carbonyl (C=O) groups is 2. The van der Waals surface area contributed by atoms with Gasteiger partial charge in [-0.2, -0.15) is 5.26 Å². The molecule has 38 heavy (non-hydrogen) atoms. The van der Waals surface area contributed by atoms with Crippen LogP contribution in [0.1, 0.15) is 27.2 Å². The molecule has 0 saturated heterocycles. The van der Waals surface area contributed by atoms with Gasteiger partial charge >= 0.3 is 0 Å². The number of methoxy groups -OCH3 is 1. The fourth-order valence-corrected chi connectivity index (χ4v) is 4.79. The number of nitrogens with one attached hydrogen (secondary N) is 2. The first kappa shape index (κ1) is 26.5. The number of nitriles is 1. The van der Waals surface area contributed by atoms with E-state index in [4.69, 9.17) is 4.74 Å². The molecule has 190 valence electrons. The highest BCUT2D eigenvalue weighted by Crippen LogP contribution is 2.36. The molecule has 0 saturated carbocycles. The van der Waals surface area contributed by atoms with E-state index in [9.17, 15) is 14.9 Å². The first-order valence-corrected chi connectivity index (χ1v) is 12.8. The lowest BCUT2D eigenvalue weighted by atomic mass is 9.94. The Bertz CT molecular complexity index is 1510. The Balaban J connectivity index is 1.72. The minimum atomic E-state index is -0.377. The van der Waals surface area contributed by atoms with Crippen LogP contribution in [0.5, 0.6) is 5.75 Å². The molecule has 3 aromatic carbocycles. The summed E-state index contributed by atoms with van der Waals surface area (Å²) >= 11 is 1.16. The molecule has 0 bridgehead atoms. The number of anilines is 2. The van der Waals surface area contributed by atoms with Gasteiger partial charge in [0.2, 0.25) is 5.91 Å². The molecule has 1 aromatic heterocycles. The predicted octanol–water partition coefficient (Wildman–Crippen LogP) is 6.23. The zero-order valence-electron chi connectivity index (χ0n) is 21.2. The zero-order valence-corrected chi connectivity index (χ0v) is 22.1. The highest BCUT2D eigenvalue weighted by molar-refractivity contribution is 8.00. The SMILES string of the molecule is COc1ccc(-c2c(C#N)c(SCC(=O)Nc3ccccc3C)nc(C)c2C(=O)Nc2ccccc2)cc1. The molecule has 1 heterocycles. The molecule has 0 atom stereocenters. The van der Waals surface area contributed by atoms with Crippen molar-refractivity contribution in [3.8, 4) is 22.9 Å². The smallest absolute Gasteiger partial charge is 0.258 e. The van der Waals surface area contributed by atoms with Crippen LogP contribution in [0.15, 0.2) is 83.9 Å². The van der Waals surface area contributed by atoms with Gasteiger partial charge < -0.3 is 15.4 Å². The maximum Gasteiger partial charge on any atom is 0.258 e. The maximum absolute atomic E-state index is 13.5. The van der Waals surface area contributed by atoms with Crippen LogP contribution < -0.4 is 15.4 Å². The summed E-state index contributed by atoms with van der Waals surface area (Å²) in [5.74, 6) is 0.102. The van der Waals surface area contributed by atoms with E-state index in [-0.39, 0.29) is 23.1 Å². The van der Waals surface area contributed by atoms with Gasteiger partial charge in [-0.15, -0.1) is 0 Å². The van der Waals surface area contributed by atoms with E-state index in [0.717, 1.165) is 23.0 Å². The van der Waals surface area contributed by atoms with Crippen LogP contribution in [0, 0.1) is 25.2 Å². The second kappa shape index (κ2) is 12.1. The second-order valence-corrected chi connectivity index (χ2v) is 9.40. The van der Waals surface area contributed by atoms with Gasteiger partial charge in [-0.05, 0) is 55.3 Å². The molecule has 0 spiro atoms. The predicted molar refractivity (Wildman–Crippen MR) is 151 cm³/mol. The third-order valence-corrected chi connectivity index (χ3v) is 6.83. The van der Waals surface area contributed by atoms with Gasteiger partial charge in [0.05, 0.1) is 29.7 Å². The van der Waals surface area contributed by atoms with Gasteiger partial charge in [-0.25, -0.2) is 4.98 Å². The Morgan fingerprint density at radius 2 is 1.63 bits per heavy atom. The first-order chi connectivity index (χ1) is 18.4. The molecule has 0 aliphatic heterocycles. The number of hydrogen-bond acceptors (Lipinski definition) is 6. The average molecular weight is 523 g/mol. The summed E-state index contributed by atoms with van der Waals surface area (Å²) in [6.45, 7) is 3.65. The molecule has 0 fully saturated rings. The van der Waals surface area contributed by atoms with Crippen LogP contribution in [0.4, 0.5) is 11.4 Å². The summed E-state index contributed by atoms with van der Waals surface area (Å²) in [4.78, 5) is 30.8. The second-order valence-electron chi connectivity index (χ2n) is 8.44. The fraction of sp³-hybridized carbons (Fsp3) is 0.133. The van der Waals surface area contributed by atoms with Gasteiger partial charge in [-0.3, -0.25) is 9.59 Å². The molecule has 0 aliphatic carbocycles. The van der Waals surface area contributed by atoms with E-state index >= 15 is 0 Å². The standard InChI is InChI=1S/C30H26N4O3S/c1-19-9-7-8-12-25(19)34-26(35)18-38-30-24(17-31)28(21-13-15-23(37-3)16-14-21)27(20(2)32-30)29(36)33-22-10-5-4-6-11-22/h4-16H,18H2,1-3H3,(H,33,36)(H,34,35). The third kappa shape index (κ3) is 6.02. The Labute approximate surface area is 225 Å². The number of rotatable bonds is 8. The van der Waals surface area contributed by atoms with E-state index in [1.165, 1.54) is 0 Å². The monoisotopic (exact) mass is 522 g/mol. The zero-order chi connectivity index (χ0) is 27.1. The Morgan fingerprint density at radius 3 is 2.29 bits per heavy atom. The summed E-state index contributed by atoms with van der Waals surface area (Å²) in [7, 11) is 1.57. The van der Waals surface area contributed by atoms with E-state index in [2.05, 4.69) is 21.7 Å². The third-order valence-electron chi connectivity index (χ3n) is 5.85. The average Bonchev–Trinajstić information content (AvgIpc) is 2.93. The number of benzene rings is 3. The normalized spacial score (nSPS) is 10.4. The highest BCUT2D eigenvalue weighted by Gasteiger charge is 2.25. The summed E-state index contributed by atoms with van der Waals surface area (Å²) in [5.41, 5.74) is 4.40. The molecule has 4 rings (SSSR count). The summed E-state index contributed by atoms with van der Waals surface area (Å²) in [5, 5.41) is 16.4. The molecule has 2 amide bonds. The number of carbonyl (C=O) groups excluding carboxylic acids is 2. The van der Waals surface area contributed by atoms with Gasteiger partial charge in [0, 0.05) is 16.9 Å². The highest BCUT2D eigenvalue weighted by atomic mass is 32.2. The van der Waals surface area contributed by atoms with Crippen LogP contribution >= 0.6 is 11.8 Å². The molecule has 7 nitrogen and oxygen atoms in total. The van der Waals surface area contributed by atoms with Crippen molar-refractivity contribution in [2.75, 3.05) is 23.5 Å². The lowest BCUT2D eigenvalue weighted by Gasteiger charge is -2.17. The van der Waals surface area contributed by atoms with E-state index < -0.39 is 0 Å². The van der Waals surface area contributed by atoms with Crippen molar-refractivity contribution < 1.29 is 14.3 Å². The van der Waals surface area contributed by atoms with Gasteiger partial charge in [0.1, 0.15) is 16.8 Å². The molecule has 2 N–H and O–H groups in total. The maximum atomic E-state index is 13.5. The Morgan fingerprint density at radius 1 is 0.947 bits per heavy atom. The minimum Gasteiger partial charge on any atom is -0.497 e. The number of ether oxygens (including phenoxy) is 1. The topological polar surface area (TPSA) is 104 Å². The number of para-hydroxylation sites is 2. The first-order valence-electron chi connectivity index (χ1n) is 11.8. The van der Waals surface area contributed by atoms with Crippen LogP contribution in [0.3, 0.4) is 0 Å². The van der Waals surface area contributed by atoms with Crippen LogP contribution in [-0.4, -0.2) is 29.7 Å². The fourth-order valence-electron chi connectivity index (χ4n) is 3.96. The van der Waals surface area contributed by atoms with Crippen molar-refractivity contribution >= 4 is 35.0 Å². The minimum absolute atomic E-state index is 0.0487.